The molecule has 0 aromatic heterocycles. The van der Waals surface area contributed by atoms with Crippen LogP contribution in [0.2, 0.25) is 0 Å². The van der Waals surface area contributed by atoms with Gasteiger partial charge in [0.15, 0.2) is 0 Å². The number of hydrogen-bond acceptors (Lipinski definition) is 3. The lowest BCUT2D eigenvalue weighted by Gasteiger charge is -2.28. The summed E-state index contributed by atoms with van der Waals surface area (Å²) in [5, 5.41) is 2.99. The van der Waals surface area contributed by atoms with Crippen molar-refractivity contribution in [1.29, 1.82) is 0 Å². The van der Waals surface area contributed by atoms with Crippen molar-refractivity contribution in [3.8, 4) is 0 Å². The van der Waals surface area contributed by atoms with Gasteiger partial charge in [0.25, 0.3) is 5.91 Å². The summed E-state index contributed by atoms with van der Waals surface area (Å²) < 4.78 is 51.5. The number of nitrogens with zero attached hydrogens (tertiary/aromatic N) is 2. The molecule has 1 aromatic carbocycles. The maximum atomic E-state index is 13.1. The van der Waals surface area contributed by atoms with Crippen molar-refractivity contribution in [3.05, 3.63) is 35.1 Å². The number of hydrogen-bond donors (Lipinski definition) is 1. The van der Waals surface area contributed by atoms with Gasteiger partial charge in [0.05, 0.1) is 11.1 Å². The van der Waals surface area contributed by atoms with Crippen LogP contribution < -0.4 is 5.32 Å². The molecular formula is C18H27F4N3O. The molecule has 1 heterocycles. The summed E-state index contributed by atoms with van der Waals surface area (Å²) in [4.78, 5) is 15.7. The maximum absolute atomic E-state index is 13.1. The van der Waals surface area contributed by atoms with Crippen LogP contribution in [0, 0.1) is 5.82 Å². The van der Waals surface area contributed by atoms with E-state index in [-0.39, 0.29) is 0 Å². The van der Waals surface area contributed by atoms with E-state index in [9.17, 15) is 22.4 Å². The summed E-state index contributed by atoms with van der Waals surface area (Å²) in [5.74, 6) is -1.64. The van der Waals surface area contributed by atoms with Gasteiger partial charge in [-0.2, -0.15) is 13.2 Å². The van der Waals surface area contributed by atoms with Crippen LogP contribution in [-0.4, -0.2) is 61.5 Å². The van der Waals surface area contributed by atoms with Gasteiger partial charge in [0, 0.05) is 26.2 Å². The van der Waals surface area contributed by atoms with Crippen LogP contribution in [0.3, 0.4) is 0 Å². The van der Waals surface area contributed by atoms with E-state index in [2.05, 4.69) is 31.0 Å². The average Bonchev–Trinajstić information content (AvgIpc) is 2.63. The molecule has 4 nitrogen and oxygen atoms in total. The Morgan fingerprint density at radius 2 is 1.65 bits per heavy atom. The average molecular weight is 377 g/mol. The molecule has 2 rings (SSSR count). The molecule has 1 amide bonds. The molecule has 1 N–H and O–H groups in total. The Morgan fingerprint density at radius 3 is 2.08 bits per heavy atom. The lowest BCUT2D eigenvalue weighted by molar-refractivity contribution is -0.138. The molecule has 148 valence electrons. The fourth-order valence-corrected chi connectivity index (χ4v) is 2.65. The van der Waals surface area contributed by atoms with E-state index in [0.717, 1.165) is 0 Å². The Morgan fingerprint density at radius 1 is 1.12 bits per heavy atom. The molecule has 0 unspecified atom stereocenters. The van der Waals surface area contributed by atoms with Gasteiger partial charge in [0.2, 0.25) is 0 Å². The minimum absolute atomic E-state index is 0.312. The second-order valence-electron chi connectivity index (χ2n) is 5.85. The monoisotopic (exact) mass is 377 g/mol. The second kappa shape index (κ2) is 10.5. The number of nitrogens with one attached hydrogen (secondary N) is 1. The summed E-state index contributed by atoms with van der Waals surface area (Å²) in [5.41, 5.74) is -1.73. The Bertz CT molecular complexity index is 563. The maximum Gasteiger partial charge on any atom is 0.417 e. The predicted molar refractivity (Wildman–Crippen MR) is 93.6 cm³/mol. The van der Waals surface area contributed by atoms with Crippen LogP contribution in [0.15, 0.2) is 18.2 Å². The quantitative estimate of drug-likeness (QED) is 0.819. The first-order valence-corrected chi connectivity index (χ1v) is 8.83. The number of rotatable bonds is 4. The van der Waals surface area contributed by atoms with Crippen LogP contribution in [0.25, 0.3) is 0 Å². The topological polar surface area (TPSA) is 35.6 Å². The van der Waals surface area contributed by atoms with Gasteiger partial charge in [-0.1, -0.05) is 20.8 Å². The Kier molecular flexibility index (Phi) is 9.01. The molecule has 1 fully saturated rings. The van der Waals surface area contributed by atoms with Gasteiger partial charge >= 0.3 is 6.18 Å². The largest absolute Gasteiger partial charge is 0.417 e. The SMILES string of the molecule is CCN(CC)CC.O=C(c1cc(F)ccc1C(F)(F)F)N1CCNCC1. The van der Waals surface area contributed by atoms with E-state index in [0.29, 0.717) is 44.4 Å². The standard InChI is InChI=1S/C12H12F4N2O.C6H15N/c13-8-1-2-10(12(14,15)16)9(7-8)11(19)18-5-3-17-4-6-18;1-4-7(5-2)6-3/h1-2,7,17H,3-6H2;4-6H2,1-3H3. The summed E-state index contributed by atoms with van der Waals surface area (Å²) in [7, 11) is 0. The molecule has 0 radical (unpaired) electrons. The van der Waals surface area contributed by atoms with Crippen LogP contribution in [-0.2, 0) is 6.18 Å². The molecule has 0 saturated carbocycles. The highest BCUT2D eigenvalue weighted by Crippen LogP contribution is 2.33. The van der Waals surface area contributed by atoms with Gasteiger partial charge in [-0.15, -0.1) is 0 Å². The van der Waals surface area contributed by atoms with E-state index < -0.39 is 29.0 Å². The van der Waals surface area contributed by atoms with Crippen LogP contribution in [0.1, 0.15) is 36.7 Å². The zero-order valence-corrected chi connectivity index (χ0v) is 15.5. The summed E-state index contributed by atoms with van der Waals surface area (Å²) in [6.07, 6.45) is -4.67. The van der Waals surface area contributed by atoms with E-state index in [4.69, 9.17) is 0 Å². The third kappa shape index (κ3) is 6.57. The zero-order valence-electron chi connectivity index (χ0n) is 15.5. The molecule has 26 heavy (non-hydrogen) atoms. The summed E-state index contributed by atoms with van der Waals surface area (Å²) >= 11 is 0. The van der Waals surface area contributed by atoms with Crippen molar-refractivity contribution in [3.63, 3.8) is 0 Å². The number of alkyl halides is 3. The van der Waals surface area contributed by atoms with Gasteiger partial charge in [-0.25, -0.2) is 4.39 Å². The van der Waals surface area contributed by atoms with Crippen LogP contribution in [0.4, 0.5) is 17.6 Å². The van der Waals surface area contributed by atoms with Gasteiger partial charge in [-0.05, 0) is 37.8 Å². The first kappa shape index (κ1) is 22.4. The smallest absolute Gasteiger partial charge is 0.336 e. The number of carbonyl (C=O) groups excluding carboxylic acids is 1. The van der Waals surface area contributed by atoms with Crippen molar-refractivity contribution in [2.45, 2.75) is 26.9 Å². The molecule has 0 spiro atoms. The molecule has 0 bridgehead atoms. The number of halogens is 4. The molecule has 0 aliphatic carbocycles. The second-order valence-corrected chi connectivity index (χ2v) is 5.85. The Balaban J connectivity index is 0.000000412. The molecule has 1 aliphatic rings. The van der Waals surface area contributed by atoms with Gasteiger partial charge in [0.1, 0.15) is 5.82 Å². The van der Waals surface area contributed by atoms with E-state index in [1.165, 1.54) is 24.5 Å². The highest BCUT2D eigenvalue weighted by molar-refractivity contribution is 5.96. The van der Waals surface area contributed by atoms with Crippen molar-refractivity contribution < 1.29 is 22.4 Å². The van der Waals surface area contributed by atoms with Crippen LogP contribution in [0.5, 0.6) is 0 Å². The lowest BCUT2D eigenvalue weighted by Crippen LogP contribution is -2.46. The summed E-state index contributed by atoms with van der Waals surface area (Å²) in [6.45, 7) is 11.8. The van der Waals surface area contributed by atoms with Crippen molar-refractivity contribution in [1.82, 2.24) is 15.1 Å². The van der Waals surface area contributed by atoms with Gasteiger partial charge < -0.3 is 15.1 Å². The number of piperazine rings is 1. The Hall–Kier alpha value is -1.67. The first-order valence-electron chi connectivity index (χ1n) is 8.83. The van der Waals surface area contributed by atoms with Crippen molar-refractivity contribution in [2.24, 2.45) is 0 Å². The third-order valence-electron chi connectivity index (χ3n) is 4.26. The first-order chi connectivity index (χ1) is 12.2. The zero-order chi connectivity index (χ0) is 19.7. The Labute approximate surface area is 152 Å². The minimum atomic E-state index is -4.67. The highest BCUT2D eigenvalue weighted by atomic mass is 19.4. The van der Waals surface area contributed by atoms with Gasteiger partial charge in [-0.3, -0.25) is 4.79 Å². The number of carbonyl (C=O) groups is 1. The lowest BCUT2D eigenvalue weighted by atomic mass is 10.1. The number of amides is 1. The predicted octanol–water partition coefficient (Wildman–Crippen LogP) is 3.24. The third-order valence-corrected chi connectivity index (χ3v) is 4.26. The highest BCUT2D eigenvalue weighted by Gasteiger charge is 2.36. The molecule has 1 aromatic rings. The normalized spacial score (nSPS) is 14.8. The van der Waals surface area contributed by atoms with Crippen molar-refractivity contribution >= 4 is 5.91 Å². The molecule has 1 saturated heterocycles. The van der Waals surface area contributed by atoms with E-state index in [1.54, 1.807) is 0 Å². The number of benzene rings is 1. The van der Waals surface area contributed by atoms with Crippen molar-refractivity contribution in [2.75, 3.05) is 45.8 Å². The molecule has 8 heteroatoms. The minimum Gasteiger partial charge on any atom is -0.336 e. The van der Waals surface area contributed by atoms with E-state index in [1.807, 2.05) is 0 Å². The van der Waals surface area contributed by atoms with E-state index >= 15 is 0 Å². The molecule has 0 atom stereocenters. The summed E-state index contributed by atoms with van der Waals surface area (Å²) in [6, 6.07) is 1.95. The molecule has 1 aliphatic heterocycles. The fraction of sp³-hybridized carbons (Fsp3) is 0.611. The fourth-order valence-electron chi connectivity index (χ4n) is 2.65. The van der Waals surface area contributed by atoms with Crippen LogP contribution >= 0.6 is 0 Å². The molecular weight excluding hydrogens is 350 g/mol.